The molecule has 2 aromatic rings. The van der Waals surface area contributed by atoms with E-state index < -0.39 is 12.0 Å². The Morgan fingerprint density at radius 3 is 2.40 bits per heavy atom. The van der Waals surface area contributed by atoms with Crippen LogP contribution in [0, 0.1) is 0 Å². The Hall–Kier alpha value is -3.06. The third-order valence-corrected chi connectivity index (χ3v) is 5.10. The average Bonchev–Trinajstić information content (AvgIpc) is 2.73. The van der Waals surface area contributed by atoms with Crippen molar-refractivity contribution in [1.29, 1.82) is 0 Å². The summed E-state index contributed by atoms with van der Waals surface area (Å²) in [6.45, 7) is 5.74. The summed E-state index contributed by atoms with van der Waals surface area (Å²) in [4.78, 5) is 14.7. The highest BCUT2D eigenvalue weighted by Crippen LogP contribution is 2.41. The zero-order chi connectivity index (χ0) is 21.8. The second kappa shape index (κ2) is 9.17. The van der Waals surface area contributed by atoms with Crippen LogP contribution in [0.15, 0.2) is 59.8 Å². The Bertz CT molecular complexity index is 972. The van der Waals surface area contributed by atoms with Gasteiger partial charge in [-0.15, -0.1) is 0 Å². The maximum Gasteiger partial charge on any atom is 0.337 e. The van der Waals surface area contributed by atoms with Gasteiger partial charge in [0.05, 0.1) is 31.9 Å². The van der Waals surface area contributed by atoms with Gasteiger partial charge < -0.3 is 19.5 Å². The molecule has 3 rings (SSSR count). The van der Waals surface area contributed by atoms with Crippen LogP contribution < -0.4 is 19.7 Å². The number of nitrogens with zero attached hydrogens (tertiary/aromatic N) is 1. The van der Waals surface area contributed by atoms with Crippen molar-refractivity contribution in [2.45, 2.75) is 32.9 Å². The number of thiocarbonyl (C=S) groups is 1. The molecule has 0 aliphatic carbocycles. The first-order valence-corrected chi connectivity index (χ1v) is 10.1. The second-order valence-electron chi connectivity index (χ2n) is 7.09. The Labute approximate surface area is 182 Å². The summed E-state index contributed by atoms with van der Waals surface area (Å²) in [5.41, 5.74) is 2.76. The minimum Gasteiger partial charge on any atom is -0.493 e. The molecule has 0 aromatic heterocycles. The number of carbonyl (C=O) groups excluding carboxylic acids is 1. The fraction of sp³-hybridized carbons (Fsp3) is 0.304. The minimum absolute atomic E-state index is 0.0805. The summed E-state index contributed by atoms with van der Waals surface area (Å²) in [6, 6.07) is 14.7. The van der Waals surface area contributed by atoms with Crippen LogP contribution in [0.2, 0.25) is 0 Å². The molecule has 1 unspecified atom stereocenters. The third-order valence-electron chi connectivity index (χ3n) is 4.80. The standard InChI is InChI=1S/C23H26N2O4S/c1-14(2)29-21-17(12-9-13-18(21)27-4)20-19(22(26)28-5)15(3)25(23(30)24-20)16-10-7-6-8-11-16/h6-14,20H,1-5H3,(H,24,30). The van der Waals surface area contributed by atoms with Crippen molar-refractivity contribution in [3.8, 4) is 11.5 Å². The summed E-state index contributed by atoms with van der Waals surface area (Å²) >= 11 is 5.69. The number of esters is 1. The summed E-state index contributed by atoms with van der Waals surface area (Å²) in [6.07, 6.45) is -0.0805. The van der Waals surface area contributed by atoms with E-state index in [4.69, 9.17) is 26.4 Å². The number of carbonyl (C=O) groups is 1. The van der Waals surface area contributed by atoms with Crippen LogP contribution in [0.4, 0.5) is 5.69 Å². The molecule has 1 aliphatic heterocycles. The summed E-state index contributed by atoms with van der Waals surface area (Å²) < 4.78 is 16.7. The molecule has 1 heterocycles. The average molecular weight is 427 g/mol. The van der Waals surface area contributed by atoms with E-state index >= 15 is 0 Å². The van der Waals surface area contributed by atoms with E-state index in [2.05, 4.69) is 5.32 Å². The maximum atomic E-state index is 12.9. The molecule has 0 saturated heterocycles. The molecule has 30 heavy (non-hydrogen) atoms. The molecule has 1 aliphatic rings. The van der Waals surface area contributed by atoms with Gasteiger partial charge in [-0.3, -0.25) is 4.90 Å². The number of benzene rings is 2. The molecular formula is C23H26N2O4S. The molecule has 0 spiro atoms. The molecule has 1 atom stereocenters. The predicted molar refractivity (Wildman–Crippen MR) is 121 cm³/mol. The minimum atomic E-state index is -0.547. The number of ether oxygens (including phenoxy) is 3. The zero-order valence-corrected chi connectivity index (χ0v) is 18.6. The van der Waals surface area contributed by atoms with Gasteiger partial charge in [0, 0.05) is 16.9 Å². The van der Waals surface area contributed by atoms with Crippen molar-refractivity contribution in [2.24, 2.45) is 0 Å². The van der Waals surface area contributed by atoms with E-state index in [1.54, 1.807) is 7.11 Å². The first-order valence-electron chi connectivity index (χ1n) is 9.67. The maximum absolute atomic E-state index is 12.9. The highest BCUT2D eigenvalue weighted by molar-refractivity contribution is 7.80. The lowest BCUT2D eigenvalue weighted by Crippen LogP contribution is -2.48. The Kier molecular flexibility index (Phi) is 6.62. The van der Waals surface area contributed by atoms with Gasteiger partial charge in [0.2, 0.25) is 0 Å². The highest BCUT2D eigenvalue weighted by Gasteiger charge is 2.37. The Balaban J connectivity index is 2.20. The molecule has 0 amide bonds. The van der Waals surface area contributed by atoms with Crippen LogP contribution in [-0.4, -0.2) is 31.4 Å². The molecule has 158 valence electrons. The van der Waals surface area contributed by atoms with Crippen molar-refractivity contribution in [3.63, 3.8) is 0 Å². The quantitative estimate of drug-likeness (QED) is 0.544. The van der Waals surface area contributed by atoms with Crippen LogP contribution in [0.1, 0.15) is 32.4 Å². The topological polar surface area (TPSA) is 60.0 Å². The Morgan fingerprint density at radius 1 is 1.10 bits per heavy atom. The van der Waals surface area contributed by atoms with Gasteiger partial charge >= 0.3 is 5.97 Å². The van der Waals surface area contributed by atoms with Crippen molar-refractivity contribution in [3.05, 3.63) is 65.4 Å². The molecule has 6 nitrogen and oxygen atoms in total. The number of rotatable bonds is 6. The number of nitrogens with one attached hydrogen (secondary N) is 1. The van der Waals surface area contributed by atoms with Gasteiger partial charge in [0.1, 0.15) is 0 Å². The van der Waals surface area contributed by atoms with Crippen LogP contribution in [-0.2, 0) is 9.53 Å². The molecule has 0 bridgehead atoms. The summed E-state index contributed by atoms with van der Waals surface area (Å²) in [5.74, 6) is 0.714. The van der Waals surface area contributed by atoms with Crippen molar-refractivity contribution in [1.82, 2.24) is 5.32 Å². The first-order chi connectivity index (χ1) is 14.4. The lowest BCUT2D eigenvalue weighted by atomic mass is 9.93. The molecule has 0 saturated carbocycles. The molecule has 7 heteroatoms. The number of allylic oxidation sites excluding steroid dienone is 1. The normalized spacial score (nSPS) is 16.4. The van der Waals surface area contributed by atoms with E-state index in [0.29, 0.717) is 27.9 Å². The first kappa shape index (κ1) is 21.6. The number of anilines is 1. The van der Waals surface area contributed by atoms with Crippen LogP contribution >= 0.6 is 12.2 Å². The van der Waals surface area contributed by atoms with Gasteiger partial charge in [0.25, 0.3) is 0 Å². The largest absolute Gasteiger partial charge is 0.493 e. The van der Waals surface area contributed by atoms with Crippen molar-refractivity contribution >= 4 is 29.0 Å². The highest BCUT2D eigenvalue weighted by atomic mass is 32.1. The monoisotopic (exact) mass is 426 g/mol. The number of para-hydroxylation sites is 2. The number of hydrogen-bond donors (Lipinski definition) is 1. The third kappa shape index (κ3) is 4.11. The van der Waals surface area contributed by atoms with Gasteiger partial charge in [-0.05, 0) is 51.2 Å². The van der Waals surface area contributed by atoms with E-state index in [1.807, 2.05) is 74.2 Å². The number of hydrogen-bond acceptors (Lipinski definition) is 5. The predicted octanol–water partition coefficient (Wildman–Crippen LogP) is 4.37. The van der Waals surface area contributed by atoms with Crippen molar-refractivity contribution in [2.75, 3.05) is 19.1 Å². The lowest BCUT2D eigenvalue weighted by molar-refractivity contribution is -0.136. The van der Waals surface area contributed by atoms with Gasteiger partial charge in [-0.1, -0.05) is 30.3 Å². The second-order valence-corrected chi connectivity index (χ2v) is 7.48. The van der Waals surface area contributed by atoms with Crippen LogP contribution in [0.25, 0.3) is 0 Å². The fourth-order valence-electron chi connectivity index (χ4n) is 3.52. The van der Waals surface area contributed by atoms with Gasteiger partial charge in [-0.2, -0.15) is 0 Å². The van der Waals surface area contributed by atoms with E-state index in [1.165, 1.54) is 7.11 Å². The molecular weight excluding hydrogens is 400 g/mol. The summed E-state index contributed by atoms with van der Waals surface area (Å²) in [5, 5.41) is 3.79. The van der Waals surface area contributed by atoms with E-state index in [-0.39, 0.29) is 6.10 Å². The molecule has 0 fully saturated rings. The van der Waals surface area contributed by atoms with Crippen LogP contribution in [0.3, 0.4) is 0 Å². The zero-order valence-electron chi connectivity index (χ0n) is 17.8. The number of methoxy groups -OCH3 is 2. The van der Waals surface area contributed by atoms with Gasteiger partial charge in [0.15, 0.2) is 16.6 Å². The SMILES string of the molecule is COC(=O)C1=C(C)N(c2ccccc2)C(=S)NC1c1cccc(OC)c1OC(C)C. The van der Waals surface area contributed by atoms with Crippen molar-refractivity contribution < 1.29 is 19.0 Å². The lowest BCUT2D eigenvalue weighted by Gasteiger charge is -2.38. The van der Waals surface area contributed by atoms with Crippen LogP contribution in [0.5, 0.6) is 11.5 Å². The molecule has 1 N–H and O–H groups in total. The smallest absolute Gasteiger partial charge is 0.337 e. The van der Waals surface area contributed by atoms with E-state index in [9.17, 15) is 4.79 Å². The Morgan fingerprint density at radius 2 is 1.80 bits per heavy atom. The summed E-state index contributed by atoms with van der Waals surface area (Å²) in [7, 11) is 2.96. The fourth-order valence-corrected chi connectivity index (χ4v) is 3.88. The van der Waals surface area contributed by atoms with Gasteiger partial charge in [-0.25, -0.2) is 4.79 Å². The molecule has 0 radical (unpaired) electrons. The van der Waals surface area contributed by atoms with E-state index in [0.717, 1.165) is 11.3 Å². The molecule has 2 aromatic carbocycles.